The molecular weight excluding hydrogens is 324 g/mol. The monoisotopic (exact) mass is 343 g/mol. The Bertz CT molecular complexity index is 762. The van der Waals surface area contributed by atoms with Crippen molar-refractivity contribution in [3.05, 3.63) is 46.8 Å². The summed E-state index contributed by atoms with van der Waals surface area (Å²) < 4.78 is 0. The van der Waals surface area contributed by atoms with Crippen LogP contribution in [-0.4, -0.2) is 32.0 Å². The molecule has 6 nitrogen and oxygen atoms in total. The number of nitrogens with zero attached hydrogens (tertiary/aromatic N) is 1. The molecule has 2 aromatic rings. The molecule has 0 aliphatic rings. The van der Waals surface area contributed by atoms with Crippen LogP contribution in [0, 0.1) is 18.3 Å². The number of amides is 2. The Kier molecular flexibility index (Phi) is 6.07. The Morgan fingerprint density at radius 3 is 2.38 bits per heavy atom. The van der Waals surface area contributed by atoms with Crippen molar-refractivity contribution >= 4 is 33.8 Å². The molecule has 1 aromatic heterocycles. The average Bonchev–Trinajstić information content (AvgIpc) is 2.96. The number of benzene rings is 1. The van der Waals surface area contributed by atoms with E-state index in [1.165, 1.54) is 11.3 Å². The molecule has 0 aliphatic carbocycles. The summed E-state index contributed by atoms with van der Waals surface area (Å²) in [6, 6.07) is 11.2. The third-order valence-electron chi connectivity index (χ3n) is 3.30. The van der Waals surface area contributed by atoms with Crippen molar-refractivity contribution in [1.82, 2.24) is 0 Å². The van der Waals surface area contributed by atoms with E-state index in [-0.39, 0.29) is 24.9 Å². The molecule has 124 valence electrons. The molecule has 0 aliphatic heterocycles. The van der Waals surface area contributed by atoms with Gasteiger partial charge in [0.05, 0.1) is 12.6 Å². The molecule has 0 spiro atoms. The second-order valence-electron chi connectivity index (χ2n) is 5.55. The van der Waals surface area contributed by atoms with Gasteiger partial charge in [-0.25, -0.2) is 0 Å². The second kappa shape index (κ2) is 8.24. The maximum absolute atomic E-state index is 12.0. The van der Waals surface area contributed by atoms with E-state index in [2.05, 4.69) is 10.6 Å². The molecule has 24 heavy (non-hydrogen) atoms. The topological polar surface area (TPSA) is 86.4 Å². The van der Waals surface area contributed by atoms with Crippen molar-refractivity contribution in [3.63, 3.8) is 0 Å². The Hall–Kier alpha value is -2.69. The van der Waals surface area contributed by atoms with Crippen LogP contribution in [0.1, 0.15) is 11.1 Å². The van der Waals surface area contributed by atoms with E-state index in [0.29, 0.717) is 10.6 Å². The fourth-order valence-corrected chi connectivity index (χ4v) is 2.87. The van der Waals surface area contributed by atoms with Gasteiger partial charge in [-0.1, -0.05) is 17.7 Å². The lowest BCUT2D eigenvalue weighted by Gasteiger charge is -2.13. The van der Waals surface area contributed by atoms with Gasteiger partial charge in [0.25, 0.3) is 11.8 Å². The van der Waals surface area contributed by atoms with Gasteiger partial charge in [0.2, 0.25) is 0 Å². The Morgan fingerprint density at radius 2 is 1.75 bits per heavy atom. The number of thiophene rings is 1. The number of rotatable bonds is 6. The Labute approximate surface area is 144 Å². The first-order valence-corrected chi connectivity index (χ1v) is 8.31. The number of hydrogen-bond acceptors (Lipinski definition) is 4. The van der Waals surface area contributed by atoms with Crippen molar-refractivity contribution in [3.8, 4) is 6.07 Å². The molecule has 1 unspecified atom stereocenters. The number of hydrogen-bond donors (Lipinski definition) is 3. The zero-order valence-corrected chi connectivity index (χ0v) is 14.4. The quantitative estimate of drug-likeness (QED) is 0.732. The van der Waals surface area contributed by atoms with Gasteiger partial charge in [-0.05, 0) is 30.5 Å². The molecule has 0 fully saturated rings. The average molecular weight is 343 g/mol. The predicted octanol–water partition coefficient (Wildman–Crippen LogP) is 1.02. The molecule has 1 aromatic carbocycles. The molecule has 7 heteroatoms. The summed E-state index contributed by atoms with van der Waals surface area (Å²) in [5, 5.41) is 16.7. The molecule has 0 radical (unpaired) electrons. The van der Waals surface area contributed by atoms with Crippen LogP contribution >= 0.6 is 11.3 Å². The summed E-state index contributed by atoms with van der Waals surface area (Å²) in [5.41, 5.74) is 2.31. The van der Waals surface area contributed by atoms with Crippen LogP contribution in [0.3, 0.4) is 0 Å². The van der Waals surface area contributed by atoms with Crippen LogP contribution in [0.4, 0.5) is 10.7 Å². The van der Waals surface area contributed by atoms with Crippen molar-refractivity contribution < 1.29 is 14.5 Å². The van der Waals surface area contributed by atoms with Crippen LogP contribution in [0.2, 0.25) is 0 Å². The lowest BCUT2D eigenvalue weighted by atomic mass is 10.2. The van der Waals surface area contributed by atoms with Crippen LogP contribution in [-0.2, 0) is 9.59 Å². The Morgan fingerprint density at radius 1 is 1.12 bits per heavy atom. The summed E-state index contributed by atoms with van der Waals surface area (Å²) in [6.45, 7) is 2.30. The van der Waals surface area contributed by atoms with E-state index in [1.54, 1.807) is 18.5 Å². The van der Waals surface area contributed by atoms with Crippen LogP contribution < -0.4 is 15.5 Å². The fourth-order valence-electron chi connectivity index (χ4n) is 2.12. The van der Waals surface area contributed by atoms with E-state index >= 15 is 0 Å². The van der Waals surface area contributed by atoms with E-state index < -0.39 is 0 Å². The predicted molar refractivity (Wildman–Crippen MR) is 94.1 cm³/mol. The zero-order valence-electron chi connectivity index (χ0n) is 13.6. The fraction of sp³-hybridized carbons (Fsp3) is 0.235. The zero-order chi connectivity index (χ0) is 17.5. The summed E-state index contributed by atoms with van der Waals surface area (Å²) >= 11 is 1.30. The number of likely N-dealkylation sites (N-methyl/N-ethyl adjacent to an activating group) is 1. The second-order valence-corrected chi connectivity index (χ2v) is 6.46. The van der Waals surface area contributed by atoms with Gasteiger partial charge in [0.15, 0.2) is 13.1 Å². The first kappa shape index (κ1) is 17.7. The highest BCUT2D eigenvalue weighted by molar-refractivity contribution is 7.14. The minimum Gasteiger partial charge on any atom is -0.322 e. The molecule has 3 N–H and O–H groups in total. The van der Waals surface area contributed by atoms with Gasteiger partial charge >= 0.3 is 0 Å². The third kappa shape index (κ3) is 5.19. The number of carbonyl (C=O) groups excluding carboxylic acids is 2. The van der Waals surface area contributed by atoms with Crippen molar-refractivity contribution in [2.45, 2.75) is 6.92 Å². The van der Waals surface area contributed by atoms with Gasteiger partial charge in [-0.15, -0.1) is 11.3 Å². The Balaban J connectivity index is 1.80. The molecule has 2 amide bonds. The molecule has 0 saturated heterocycles. The van der Waals surface area contributed by atoms with E-state index in [9.17, 15) is 9.59 Å². The summed E-state index contributed by atoms with van der Waals surface area (Å²) in [6.07, 6.45) is 0. The van der Waals surface area contributed by atoms with Crippen LogP contribution in [0.15, 0.2) is 35.7 Å². The molecular formula is C17H19N4O2S+. The molecule has 2 rings (SSSR count). The smallest absolute Gasteiger partial charge is 0.280 e. The maximum Gasteiger partial charge on any atom is 0.280 e. The van der Waals surface area contributed by atoms with Crippen molar-refractivity contribution in [2.75, 3.05) is 30.8 Å². The number of anilines is 2. The van der Waals surface area contributed by atoms with Gasteiger partial charge in [-0.3, -0.25) is 9.59 Å². The minimum atomic E-state index is -0.227. The van der Waals surface area contributed by atoms with Crippen molar-refractivity contribution in [2.24, 2.45) is 0 Å². The number of nitrogens with one attached hydrogen (secondary N) is 3. The van der Waals surface area contributed by atoms with Gasteiger partial charge in [-0.2, -0.15) is 5.26 Å². The first-order chi connectivity index (χ1) is 11.5. The molecule has 1 heterocycles. The lowest BCUT2D eigenvalue weighted by Crippen LogP contribution is -3.11. The highest BCUT2D eigenvalue weighted by Gasteiger charge is 2.16. The van der Waals surface area contributed by atoms with Gasteiger partial charge < -0.3 is 15.5 Å². The first-order valence-electron chi connectivity index (χ1n) is 7.43. The summed E-state index contributed by atoms with van der Waals surface area (Å²) in [7, 11) is 1.77. The van der Waals surface area contributed by atoms with Gasteiger partial charge in [0, 0.05) is 5.69 Å². The van der Waals surface area contributed by atoms with E-state index in [1.807, 2.05) is 37.3 Å². The lowest BCUT2D eigenvalue weighted by molar-refractivity contribution is -0.862. The number of nitriles is 1. The number of carbonyl (C=O) groups is 2. The molecule has 1 atom stereocenters. The highest BCUT2D eigenvalue weighted by Crippen LogP contribution is 2.21. The number of quaternary nitrogens is 1. The van der Waals surface area contributed by atoms with E-state index in [0.717, 1.165) is 16.2 Å². The van der Waals surface area contributed by atoms with Crippen LogP contribution in [0.5, 0.6) is 0 Å². The maximum atomic E-state index is 12.0. The van der Waals surface area contributed by atoms with E-state index in [4.69, 9.17) is 5.26 Å². The normalized spacial score (nSPS) is 11.4. The number of aryl methyl sites for hydroxylation is 1. The summed E-state index contributed by atoms with van der Waals surface area (Å²) in [4.78, 5) is 24.8. The SMILES string of the molecule is Cc1ccc(NC(=O)C[NH+](C)CC(=O)Nc2sccc2C#N)cc1. The van der Waals surface area contributed by atoms with Crippen molar-refractivity contribution in [1.29, 1.82) is 5.26 Å². The minimum absolute atomic E-state index is 0.143. The highest BCUT2D eigenvalue weighted by atomic mass is 32.1. The van der Waals surface area contributed by atoms with Gasteiger partial charge in [0.1, 0.15) is 11.1 Å². The molecule has 0 bridgehead atoms. The standard InChI is InChI=1S/C17H18N4O2S/c1-12-3-5-14(6-4-12)19-15(22)10-21(2)11-16(23)20-17-13(9-18)7-8-24-17/h3-8H,10-11H2,1-2H3,(H,19,22)(H,20,23)/p+1. The third-order valence-corrected chi connectivity index (χ3v) is 4.13. The van der Waals surface area contributed by atoms with Crippen LogP contribution in [0.25, 0.3) is 0 Å². The summed E-state index contributed by atoms with van der Waals surface area (Å²) in [5.74, 6) is -0.382. The molecule has 0 saturated carbocycles. The largest absolute Gasteiger partial charge is 0.322 e.